The lowest BCUT2D eigenvalue weighted by atomic mass is 10.2. The summed E-state index contributed by atoms with van der Waals surface area (Å²) in [6.07, 6.45) is 3.67. The van der Waals surface area contributed by atoms with Gasteiger partial charge in [0.25, 0.3) is 0 Å². The van der Waals surface area contributed by atoms with E-state index in [1.165, 1.54) is 6.07 Å². The molecule has 0 unspecified atom stereocenters. The number of benzene rings is 1. The summed E-state index contributed by atoms with van der Waals surface area (Å²) in [6, 6.07) is 8.20. The van der Waals surface area contributed by atoms with E-state index in [0.29, 0.717) is 17.8 Å². The number of rotatable bonds is 5. The third kappa shape index (κ3) is 4.11. The van der Waals surface area contributed by atoms with Crippen LogP contribution in [-0.2, 0) is 16.4 Å². The predicted molar refractivity (Wildman–Crippen MR) is 81.2 cm³/mol. The highest BCUT2D eigenvalue weighted by atomic mass is 35.5. The molecule has 106 valence electrons. The number of nitrogens with one attached hydrogen (secondary N) is 1. The maximum absolute atomic E-state index is 12.0. The van der Waals surface area contributed by atoms with Crippen molar-refractivity contribution in [3.05, 3.63) is 53.3 Å². The SMILES string of the molecule is Nc1ccc(NS(=O)(=O)CCc2ccncc2)c(Cl)c1. The molecule has 7 heteroatoms. The topological polar surface area (TPSA) is 85.1 Å². The molecule has 5 nitrogen and oxygen atoms in total. The molecule has 0 spiro atoms. The summed E-state index contributed by atoms with van der Waals surface area (Å²) in [5, 5.41) is 0.275. The summed E-state index contributed by atoms with van der Waals surface area (Å²) in [6.45, 7) is 0. The molecular weight excluding hydrogens is 298 g/mol. The summed E-state index contributed by atoms with van der Waals surface area (Å²) in [5.41, 5.74) is 7.28. The summed E-state index contributed by atoms with van der Waals surface area (Å²) in [7, 11) is -3.46. The Labute approximate surface area is 122 Å². The number of aromatic nitrogens is 1. The van der Waals surface area contributed by atoms with Gasteiger partial charge in [0, 0.05) is 18.1 Å². The molecule has 0 aliphatic carbocycles. The lowest BCUT2D eigenvalue weighted by Crippen LogP contribution is -2.18. The van der Waals surface area contributed by atoms with Crippen LogP contribution in [0.2, 0.25) is 5.02 Å². The maximum atomic E-state index is 12.0. The van der Waals surface area contributed by atoms with Gasteiger partial charge >= 0.3 is 0 Å². The fourth-order valence-electron chi connectivity index (χ4n) is 1.63. The van der Waals surface area contributed by atoms with E-state index in [1.807, 2.05) is 0 Å². The molecule has 0 atom stereocenters. The number of halogens is 1. The molecule has 2 aromatic rings. The van der Waals surface area contributed by atoms with Crippen molar-refractivity contribution in [2.75, 3.05) is 16.2 Å². The van der Waals surface area contributed by atoms with Crippen LogP contribution >= 0.6 is 11.6 Å². The molecule has 0 aliphatic rings. The lowest BCUT2D eigenvalue weighted by Gasteiger charge is -2.10. The minimum Gasteiger partial charge on any atom is -0.399 e. The van der Waals surface area contributed by atoms with Gasteiger partial charge < -0.3 is 5.73 Å². The highest BCUT2D eigenvalue weighted by molar-refractivity contribution is 7.92. The van der Waals surface area contributed by atoms with Crippen LogP contribution in [-0.4, -0.2) is 19.2 Å². The molecular formula is C13H14ClN3O2S. The molecule has 0 saturated carbocycles. The van der Waals surface area contributed by atoms with E-state index in [-0.39, 0.29) is 10.8 Å². The highest BCUT2D eigenvalue weighted by Gasteiger charge is 2.12. The Morgan fingerprint density at radius 2 is 1.90 bits per heavy atom. The molecule has 0 saturated heterocycles. The normalized spacial score (nSPS) is 11.2. The smallest absolute Gasteiger partial charge is 0.233 e. The first kappa shape index (κ1) is 14.6. The van der Waals surface area contributed by atoms with Gasteiger partial charge in [-0.2, -0.15) is 0 Å². The Kier molecular flexibility index (Phi) is 4.46. The van der Waals surface area contributed by atoms with E-state index in [1.54, 1.807) is 36.7 Å². The first-order chi connectivity index (χ1) is 9.46. The lowest BCUT2D eigenvalue weighted by molar-refractivity contribution is 0.600. The van der Waals surface area contributed by atoms with Crippen molar-refractivity contribution in [1.82, 2.24) is 4.98 Å². The van der Waals surface area contributed by atoms with Crippen LogP contribution in [0.5, 0.6) is 0 Å². The van der Waals surface area contributed by atoms with Gasteiger partial charge in [0.2, 0.25) is 10.0 Å². The number of nitrogens with two attached hydrogens (primary N) is 1. The monoisotopic (exact) mass is 311 g/mol. The average Bonchev–Trinajstić information content (AvgIpc) is 2.41. The first-order valence-electron chi connectivity index (χ1n) is 5.91. The zero-order valence-electron chi connectivity index (χ0n) is 10.6. The number of anilines is 2. The van der Waals surface area contributed by atoms with Gasteiger partial charge in [0.15, 0.2) is 0 Å². The molecule has 0 amide bonds. The molecule has 0 bridgehead atoms. The molecule has 1 aromatic carbocycles. The zero-order chi connectivity index (χ0) is 14.6. The van der Waals surface area contributed by atoms with E-state index in [4.69, 9.17) is 17.3 Å². The van der Waals surface area contributed by atoms with Gasteiger partial charge in [-0.15, -0.1) is 0 Å². The first-order valence-corrected chi connectivity index (χ1v) is 7.94. The summed E-state index contributed by atoms with van der Waals surface area (Å²) in [5.74, 6) is -0.0300. The molecule has 1 aromatic heterocycles. The Morgan fingerprint density at radius 3 is 2.55 bits per heavy atom. The van der Waals surface area contributed by atoms with E-state index < -0.39 is 10.0 Å². The second-order valence-electron chi connectivity index (χ2n) is 4.27. The molecule has 0 aliphatic heterocycles. The van der Waals surface area contributed by atoms with Crippen molar-refractivity contribution in [2.45, 2.75) is 6.42 Å². The molecule has 1 heterocycles. The Morgan fingerprint density at radius 1 is 1.20 bits per heavy atom. The summed E-state index contributed by atoms with van der Waals surface area (Å²) < 4.78 is 26.4. The number of sulfonamides is 1. The van der Waals surface area contributed by atoms with Crippen molar-refractivity contribution in [1.29, 1.82) is 0 Å². The van der Waals surface area contributed by atoms with Crippen LogP contribution < -0.4 is 10.5 Å². The van der Waals surface area contributed by atoms with Gasteiger partial charge in [-0.05, 0) is 42.3 Å². The van der Waals surface area contributed by atoms with Crippen LogP contribution in [0.1, 0.15) is 5.56 Å². The maximum Gasteiger partial charge on any atom is 0.233 e. The Bertz CT molecular complexity index is 690. The fourth-order valence-corrected chi connectivity index (χ4v) is 3.05. The second kappa shape index (κ2) is 6.11. The Hall–Kier alpha value is -1.79. The van der Waals surface area contributed by atoms with Crippen molar-refractivity contribution < 1.29 is 8.42 Å². The van der Waals surface area contributed by atoms with Gasteiger partial charge in [0.05, 0.1) is 16.5 Å². The number of nitrogen functional groups attached to an aromatic ring is 1. The number of pyridine rings is 1. The molecule has 0 fully saturated rings. The average molecular weight is 312 g/mol. The largest absolute Gasteiger partial charge is 0.399 e. The third-order valence-electron chi connectivity index (χ3n) is 2.67. The van der Waals surface area contributed by atoms with E-state index in [0.717, 1.165) is 5.56 Å². The number of aryl methyl sites for hydroxylation is 1. The minimum absolute atomic E-state index is 0.0300. The van der Waals surface area contributed by atoms with E-state index in [2.05, 4.69) is 9.71 Å². The summed E-state index contributed by atoms with van der Waals surface area (Å²) in [4.78, 5) is 3.88. The fraction of sp³-hybridized carbons (Fsp3) is 0.154. The molecule has 2 rings (SSSR count). The van der Waals surface area contributed by atoms with Gasteiger partial charge in [-0.3, -0.25) is 9.71 Å². The van der Waals surface area contributed by atoms with Crippen molar-refractivity contribution >= 4 is 33.0 Å². The van der Waals surface area contributed by atoms with Crippen LogP contribution in [0.4, 0.5) is 11.4 Å². The van der Waals surface area contributed by atoms with Crippen molar-refractivity contribution in [3.63, 3.8) is 0 Å². The number of nitrogens with zero attached hydrogens (tertiary/aromatic N) is 1. The summed E-state index contributed by atoms with van der Waals surface area (Å²) >= 11 is 5.94. The minimum atomic E-state index is -3.46. The standard InChI is InChI=1S/C13H14ClN3O2S/c14-12-9-11(15)1-2-13(12)17-20(18,19)8-5-10-3-6-16-7-4-10/h1-4,6-7,9,17H,5,8,15H2. The quantitative estimate of drug-likeness (QED) is 0.830. The Balaban J connectivity index is 2.04. The second-order valence-corrected chi connectivity index (χ2v) is 6.51. The predicted octanol–water partition coefficient (Wildman–Crippen LogP) is 2.30. The molecule has 20 heavy (non-hydrogen) atoms. The van der Waals surface area contributed by atoms with Crippen LogP contribution in [0, 0.1) is 0 Å². The zero-order valence-corrected chi connectivity index (χ0v) is 12.2. The van der Waals surface area contributed by atoms with Crippen LogP contribution in [0.15, 0.2) is 42.7 Å². The highest BCUT2D eigenvalue weighted by Crippen LogP contribution is 2.25. The van der Waals surface area contributed by atoms with E-state index in [9.17, 15) is 8.42 Å². The molecule has 0 radical (unpaired) electrons. The molecule has 3 N–H and O–H groups in total. The van der Waals surface area contributed by atoms with Gasteiger partial charge in [0.1, 0.15) is 0 Å². The van der Waals surface area contributed by atoms with Crippen LogP contribution in [0.25, 0.3) is 0 Å². The number of hydrogen-bond acceptors (Lipinski definition) is 4. The van der Waals surface area contributed by atoms with Crippen molar-refractivity contribution in [3.8, 4) is 0 Å². The number of hydrogen-bond donors (Lipinski definition) is 2. The van der Waals surface area contributed by atoms with Gasteiger partial charge in [-0.1, -0.05) is 11.6 Å². The van der Waals surface area contributed by atoms with Crippen molar-refractivity contribution in [2.24, 2.45) is 0 Å². The third-order valence-corrected chi connectivity index (χ3v) is 4.25. The van der Waals surface area contributed by atoms with Gasteiger partial charge in [-0.25, -0.2) is 8.42 Å². The van der Waals surface area contributed by atoms with E-state index >= 15 is 0 Å². The van der Waals surface area contributed by atoms with Crippen LogP contribution in [0.3, 0.4) is 0 Å².